The second-order valence-electron chi connectivity index (χ2n) is 8.93. The van der Waals surface area contributed by atoms with Gasteiger partial charge in [-0.25, -0.2) is 9.99 Å². The highest BCUT2D eigenvalue weighted by Gasteiger charge is 2.29. The van der Waals surface area contributed by atoms with Crippen molar-refractivity contribution in [3.8, 4) is 11.5 Å². The number of methoxy groups -OCH3 is 2. The van der Waals surface area contributed by atoms with Crippen LogP contribution in [-0.4, -0.2) is 48.3 Å². The normalized spacial score (nSPS) is 15.4. The molecule has 4 rings (SSSR count). The lowest BCUT2D eigenvalue weighted by Gasteiger charge is -2.29. The fraction of sp³-hybridized carbons (Fsp3) is 0.357. The van der Waals surface area contributed by atoms with Crippen LogP contribution in [0.25, 0.3) is 0 Å². The van der Waals surface area contributed by atoms with Crippen molar-refractivity contribution in [2.45, 2.75) is 40.0 Å². The fourth-order valence-corrected chi connectivity index (χ4v) is 5.22. The van der Waals surface area contributed by atoms with Crippen LogP contribution in [0.3, 0.4) is 0 Å². The predicted molar refractivity (Wildman–Crippen MR) is 146 cm³/mol. The maximum absolute atomic E-state index is 12.8. The van der Waals surface area contributed by atoms with Crippen LogP contribution >= 0.6 is 11.3 Å². The minimum atomic E-state index is -0.155. The molecule has 2 amide bonds. The molecule has 1 aliphatic heterocycles. The first kappa shape index (κ1) is 26.3. The van der Waals surface area contributed by atoms with Gasteiger partial charge in [0.05, 0.1) is 30.6 Å². The molecule has 0 fully saturated rings. The van der Waals surface area contributed by atoms with Crippen molar-refractivity contribution in [1.82, 2.24) is 9.99 Å². The van der Waals surface area contributed by atoms with Crippen LogP contribution in [0, 0.1) is 19.8 Å². The van der Waals surface area contributed by atoms with Crippen LogP contribution in [0.4, 0.5) is 5.69 Å². The fourth-order valence-electron chi connectivity index (χ4n) is 4.40. The molecular formula is C28H32N4O4S. The smallest absolute Gasteiger partial charge is 0.267 e. The van der Waals surface area contributed by atoms with Crippen LogP contribution in [-0.2, 0) is 11.2 Å². The van der Waals surface area contributed by atoms with E-state index in [0.29, 0.717) is 41.4 Å². The van der Waals surface area contributed by atoms with Gasteiger partial charge in [0.15, 0.2) is 11.5 Å². The maximum atomic E-state index is 12.8. The van der Waals surface area contributed by atoms with E-state index in [0.717, 1.165) is 34.0 Å². The first-order valence-corrected chi connectivity index (χ1v) is 13.1. The largest absolute Gasteiger partial charge is 0.493 e. The van der Waals surface area contributed by atoms with E-state index in [1.165, 1.54) is 11.3 Å². The summed E-state index contributed by atoms with van der Waals surface area (Å²) in [6.45, 7) is 6.27. The zero-order valence-corrected chi connectivity index (χ0v) is 22.6. The van der Waals surface area contributed by atoms with Crippen LogP contribution in [0.2, 0.25) is 0 Å². The molecule has 0 bridgehead atoms. The number of carbonyl (C=O) groups is 2. The molecule has 194 valence electrons. The van der Waals surface area contributed by atoms with Gasteiger partial charge in [-0.3, -0.25) is 9.59 Å². The number of aromatic nitrogens is 1. The lowest BCUT2D eigenvalue weighted by atomic mass is 9.89. The van der Waals surface area contributed by atoms with Crippen molar-refractivity contribution >= 4 is 34.6 Å². The molecule has 0 saturated heterocycles. The lowest BCUT2D eigenvalue weighted by molar-refractivity contribution is -0.132. The number of amides is 2. The predicted octanol–water partition coefficient (Wildman–Crippen LogP) is 5.23. The van der Waals surface area contributed by atoms with E-state index in [2.05, 4.69) is 17.2 Å². The Morgan fingerprint density at radius 3 is 2.46 bits per heavy atom. The molecule has 1 N–H and O–H groups in total. The van der Waals surface area contributed by atoms with Crippen molar-refractivity contribution in [1.29, 1.82) is 0 Å². The van der Waals surface area contributed by atoms with Gasteiger partial charge >= 0.3 is 0 Å². The Kier molecular flexibility index (Phi) is 8.23. The zero-order chi connectivity index (χ0) is 26.5. The average Bonchev–Trinajstić information content (AvgIpc) is 3.25. The number of hydrogen-bond donors (Lipinski definition) is 1. The molecule has 1 aliphatic rings. The first-order valence-electron chi connectivity index (χ1n) is 12.3. The molecule has 37 heavy (non-hydrogen) atoms. The van der Waals surface area contributed by atoms with Crippen molar-refractivity contribution in [2.75, 3.05) is 26.1 Å². The van der Waals surface area contributed by atoms with Crippen molar-refractivity contribution in [2.24, 2.45) is 11.0 Å². The van der Waals surface area contributed by atoms with E-state index >= 15 is 0 Å². The van der Waals surface area contributed by atoms with E-state index in [-0.39, 0.29) is 17.7 Å². The van der Waals surface area contributed by atoms with Crippen LogP contribution in [0.5, 0.6) is 11.5 Å². The Hall–Kier alpha value is -3.72. The molecule has 0 radical (unpaired) electrons. The van der Waals surface area contributed by atoms with Gasteiger partial charge in [0, 0.05) is 30.1 Å². The van der Waals surface area contributed by atoms with Gasteiger partial charge < -0.3 is 14.8 Å². The molecule has 9 heteroatoms. The molecule has 0 aliphatic carbocycles. The second kappa shape index (κ2) is 11.6. The van der Waals surface area contributed by atoms with Crippen LogP contribution in [0.1, 0.15) is 51.3 Å². The molecule has 2 aromatic carbocycles. The number of hydrazone groups is 1. The van der Waals surface area contributed by atoms with E-state index < -0.39 is 0 Å². The second-order valence-corrected chi connectivity index (χ2v) is 10.1. The Balaban J connectivity index is 1.45. The van der Waals surface area contributed by atoms with Gasteiger partial charge in [0.25, 0.3) is 5.91 Å². The summed E-state index contributed by atoms with van der Waals surface area (Å²) in [6.07, 6.45) is 1.89. The number of ether oxygens (including phenoxy) is 2. The molecule has 0 saturated carbocycles. The lowest BCUT2D eigenvalue weighted by Crippen LogP contribution is -2.38. The monoisotopic (exact) mass is 520 g/mol. The minimum Gasteiger partial charge on any atom is -0.493 e. The van der Waals surface area contributed by atoms with Gasteiger partial charge in [-0.15, -0.1) is 11.3 Å². The third-order valence-electron chi connectivity index (χ3n) is 6.43. The number of hydrogen-bond acceptors (Lipinski definition) is 7. The topological polar surface area (TPSA) is 93.1 Å². The third kappa shape index (κ3) is 5.99. The highest BCUT2D eigenvalue weighted by molar-refractivity contribution is 7.13. The van der Waals surface area contributed by atoms with E-state index in [1.54, 1.807) is 19.2 Å². The summed E-state index contributed by atoms with van der Waals surface area (Å²) in [5, 5.41) is 10.1. The van der Waals surface area contributed by atoms with Gasteiger partial charge in [0.1, 0.15) is 4.88 Å². The quantitative estimate of drug-likeness (QED) is 0.417. The maximum Gasteiger partial charge on any atom is 0.267 e. The highest BCUT2D eigenvalue weighted by atomic mass is 32.1. The molecule has 8 nitrogen and oxygen atoms in total. The summed E-state index contributed by atoms with van der Waals surface area (Å²) >= 11 is 1.39. The molecule has 3 aromatic rings. The van der Waals surface area contributed by atoms with Gasteiger partial charge in [0.2, 0.25) is 5.91 Å². The molecule has 2 heterocycles. The van der Waals surface area contributed by atoms with Crippen LogP contribution in [0.15, 0.2) is 47.6 Å². The van der Waals surface area contributed by atoms with Crippen molar-refractivity contribution < 1.29 is 19.1 Å². The summed E-state index contributed by atoms with van der Waals surface area (Å²) in [5.74, 6) is 1.21. The highest BCUT2D eigenvalue weighted by Crippen LogP contribution is 2.31. The summed E-state index contributed by atoms with van der Waals surface area (Å²) in [7, 11) is 3.21. The van der Waals surface area contributed by atoms with E-state index in [1.807, 2.05) is 56.3 Å². The summed E-state index contributed by atoms with van der Waals surface area (Å²) in [5.41, 5.74) is 4.31. The number of nitrogens with zero attached hydrogens (tertiary/aromatic N) is 3. The number of benzene rings is 2. The Bertz CT molecular complexity index is 1320. The SMILES string of the molecule is CCC1CC(=O)N(CCc2ccc(NC(=O)c3sc(C)nc3C)cc2)N=C1c1ccc(OC)c(OC)c1. The van der Waals surface area contributed by atoms with E-state index in [4.69, 9.17) is 14.6 Å². The van der Waals surface area contributed by atoms with Crippen molar-refractivity contribution in [3.05, 3.63) is 69.2 Å². The van der Waals surface area contributed by atoms with Gasteiger partial charge in [-0.2, -0.15) is 5.10 Å². The molecular weight excluding hydrogens is 488 g/mol. The first-order chi connectivity index (χ1) is 17.8. The molecule has 1 aromatic heterocycles. The standard InChI is InChI=1S/C28H32N4O4S/c1-6-20-16-25(33)32(31-26(20)21-9-12-23(35-4)24(15-21)36-5)14-13-19-7-10-22(11-8-19)30-28(34)27-17(2)29-18(3)37-27/h7-12,15,20H,6,13-14,16H2,1-5H3,(H,30,34). The number of carbonyl (C=O) groups excluding carboxylic acids is 2. The van der Waals surface area contributed by atoms with Gasteiger partial charge in [-0.05, 0) is 62.6 Å². The van der Waals surface area contributed by atoms with Crippen molar-refractivity contribution in [3.63, 3.8) is 0 Å². The van der Waals surface area contributed by atoms with E-state index in [9.17, 15) is 9.59 Å². The number of thiazole rings is 1. The Labute approximate surface area is 221 Å². The number of anilines is 1. The number of rotatable bonds is 9. The molecule has 1 unspecified atom stereocenters. The Morgan fingerprint density at radius 2 is 1.84 bits per heavy atom. The molecule has 1 atom stereocenters. The third-order valence-corrected chi connectivity index (χ3v) is 7.50. The molecule has 0 spiro atoms. The number of nitrogens with one attached hydrogen (secondary N) is 1. The van der Waals surface area contributed by atoms with Crippen LogP contribution < -0.4 is 14.8 Å². The minimum absolute atomic E-state index is 0.0233. The zero-order valence-electron chi connectivity index (χ0n) is 21.8. The summed E-state index contributed by atoms with van der Waals surface area (Å²) in [4.78, 5) is 30.3. The number of aryl methyl sites for hydroxylation is 2. The summed E-state index contributed by atoms with van der Waals surface area (Å²) < 4.78 is 10.8. The average molecular weight is 521 g/mol. The summed E-state index contributed by atoms with van der Waals surface area (Å²) in [6, 6.07) is 13.4. The van der Waals surface area contributed by atoms with Gasteiger partial charge in [-0.1, -0.05) is 19.1 Å². The Morgan fingerprint density at radius 1 is 1.11 bits per heavy atom.